The van der Waals surface area contributed by atoms with Crippen molar-refractivity contribution in [2.24, 2.45) is 4.99 Å². The minimum Gasteiger partial charge on any atom is -0.435 e. The Bertz CT molecular complexity index is 1460. The molecule has 0 radical (unpaired) electrons. The second-order valence-electron chi connectivity index (χ2n) is 6.89. The molecule has 1 N–H and O–H groups in total. The van der Waals surface area contributed by atoms with E-state index in [0.29, 0.717) is 29.0 Å². The summed E-state index contributed by atoms with van der Waals surface area (Å²) in [6.45, 7) is 0. The minimum atomic E-state index is -3.87. The van der Waals surface area contributed by atoms with E-state index < -0.39 is 15.8 Å². The lowest BCUT2D eigenvalue weighted by Crippen LogP contribution is -2.13. The lowest BCUT2D eigenvalue weighted by Gasteiger charge is -2.09. The number of rotatable bonds is 5. The summed E-state index contributed by atoms with van der Waals surface area (Å²) in [5.41, 5.74) is 3.84. The van der Waals surface area contributed by atoms with Gasteiger partial charge in [0.2, 0.25) is 5.89 Å². The van der Waals surface area contributed by atoms with Crippen LogP contribution in [0.2, 0.25) is 0 Å². The van der Waals surface area contributed by atoms with Crippen molar-refractivity contribution in [3.63, 3.8) is 0 Å². The number of aliphatic imine (C=N–C) groups is 1. The molecule has 0 amide bonds. The standard InChI is InChI=1S/C22H15FN4O3S/c23-16-4-6-18(7-5-16)31(28,29)27-17-10-15(12-24-13-17)14-3-8-19-21(11-14)30-22(26-19)20-2-1-9-25-20/h1,3-13,27H,2H2. The lowest BCUT2D eigenvalue weighted by atomic mass is 10.1. The monoisotopic (exact) mass is 434 g/mol. The van der Waals surface area contributed by atoms with Gasteiger partial charge in [-0.2, -0.15) is 0 Å². The Morgan fingerprint density at radius 3 is 2.61 bits per heavy atom. The van der Waals surface area contributed by atoms with Crippen LogP contribution in [0.3, 0.4) is 0 Å². The number of oxazole rings is 1. The number of nitrogens with one attached hydrogen (secondary N) is 1. The van der Waals surface area contributed by atoms with Crippen LogP contribution in [0, 0.1) is 5.82 Å². The second kappa shape index (κ2) is 7.44. The first-order valence-electron chi connectivity index (χ1n) is 9.34. The normalized spacial score (nSPS) is 13.5. The molecule has 0 saturated heterocycles. The summed E-state index contributed by atoms with van der Waals surface area (Å²) in [5.74, 6) is -0.0269. The van der Waals surface area contributed by atoms with Crippen LogP contribution in [0.15, 0.2) is 87.5 Å². The molecule has 0 spiro atoms. The van der Waals surface area contributed by atoms with Crippen molar-refractivity contribution in [1.82, 2.24) is 9.97 Å². The van der Waals surface area contributed by atoms with Gasteiger partial charge in [-0.25, -0.2) is 17.8 Å². The predicted molar refractivity (Wildman–Crippen MR) is 115 cm³/mol. The third-order valence-electron chi connectivity index (χ3n) is 4.73. The van der Waals surface area contributed by atoms with Crippen LogP contribution in [-0.2, 0) is 10.0 Å². The van der Waals surface area contributed by atoms with Gasteiger partial charge in [0, 0.05) is 24.4 Å². The molecular formula is C22H15FN4O3S. The zero-order chi connectivity index (χ0) is 21.4. The zero-order valence-corrected chi connectivity index (χ0v) is 16.8. The average Bonchev–Trinajstić information content (AvgIpc) is 3.43. The Morgan fingerprint density at radius 2 is 1.84 bits per heavy atom. The van der Waals surface area contributed by atoms with Gasteiger partial charge in [0.25, 0.3) is 10.0 Å². The first-order chi connectivity index (χ1) is 15.0. The van der Waals surface area contributed by atoms with E-state index in [1.54, 1.807) is 18.5 Å². The van der Waals surface area contributed by atoms with Gasteiger partial charge in [0.1, 0.15) is 17.0 Å². The van der Waals surface area contributed by atoms with Crippen LogP contribution in [-0.4, -0.2) is 24.1 Å². The van der Waals surface area contributed by atoms with Gasteiger partial charge in [-0.15, -0.1) is 0 Å². The summed E-state index contributed by atoms with van der Waals surface area (Å²) >= 11 is 0. The number of nitrogens with zero attached hydrogens (tertiary/aromatic N) is 3. The number of anilines is 1. The molecule has 0 atom stereocenters. The molecule has 0 bridgehead atoms. The van der Waals surface area contributed by atoms with Crippen LogP contribution < -0.4 is 4.72 Å². The van der Waals surface area contributed by atoms with E-state index in [4.69, 9.17) is 4.42 Å². The average molecular weight is 434 g/mol. The highest BCUT2D eigenvalue weighted by Gasteiger charge is 2.16. The highest BCUT2D eigenvalue weighted by molar-refractivity contribution is 7.92. The Hall–Kier alpha value is -3.85. The van der Waals surface area contributed by atoms with Gasteiger partial charge < -0.3 is 4.42 Å². The second-order valence-corrected chi connectivity index (χ2v) is 8.57. The molecule has 7 nitrogen and oxygen atoms in total. The van der Waals surface area contributed by atoms with E-state index in [1.165, 1.54) is 18.3 Å². The topological polar surface area (TPSA) is 97.5 Å². The minimum absolute atomic E-state index is 0.0424. The number of fused-ring (bicyclic) bond motifs is 1. The Morgan fingerprint density at radius 1 is 1.00 bits per heavy atom. The van der Waals surface area contributed by atoms with E-state index in [-0.39, 0.29) is 10.6 Å². The molecule has 0 saturated carbocycles. The number of hydrogen-bond acceptors (Lipinski definition) is 6. The molecule has 0 aliphatic carbocycles. The maximum Gasteiger partial charge on any atom is 0.261 e. The molecule has 0 fully saturated rings. The molecule has 154 valence electrons. The van der Waals surface area contributed by atoms with Crippen LogP contribution in [0.1, 0.15) is 12.3 Å². The van der Waals surface area contributed by atoms with E-state index in [1.807, 2.05) is 24.3 Å². The molecular weight excluding hydrogens is 419 g/mol. The summed E-state index contributed by atoms with van der Waals surface area (Å²) in [4.78, 5) is 12.8. The Kier molecular flexibility index (Phi) is 4.59. The molecule has 4 aromatic rings. The summed E-state index contributed by atoms with van der Waals surface area (Å²) < 4.78 is 46.5. The molecule has 1 aliphatic heterocycles. The SMILES string of the molecule is O=S(=O)(Nc1cncc(-c2ccc3nc(C4=NC=CC4)oc3c2)c1)c1ccc(F)cc1. The van der Waals surface area contributed by atoms with Gasteiger partial charge in [-0.1, -0.05) is 12.1 Å². The number of benzene rings is 2. The van der Waals surface area contributed by atoms with Crippen molar-refractivity contribution in [3.05, 3.63) is 84.9 Å². The highest BCUT2D eigenvalue weighted by atomic mass is 32.2. The van der Waals surface area contributed by atoms with Crippen molar-refractivity contribution in [2.45, 2.75) is 11.3 Å². The molecule has 9 heteroatoms. The van der Waals surface area contributed by atoms with Gasteiger partial charge in [0.15, 0.2) is 5.58 Å². The molecule has 1 aliphatic rings. The van der Waals surface area contributed by atoms with Gasteiger partial charge in [-0.05, 0) is 48.0 Å². The fourth-order valence-electron chi connectivity index (χ4n) is 3.21. The smallest absolute Gasteiger partial charge is 0.261 e. The third-order valence-corrected chi connectivity index (χ3v) is 6.13. The third kappa shape index (κ3) is 3.82. The van der Waals surface area contributed by atoms with Gasteiger partial charge in [-0.3, -0.25) is 14.7 Å². The molecule has 2 aromatic heterocycles. The quantitative estimate of drug-likeness (QED) is 0.497. The molecule has 0 unspecified atom stereocenters. The number of sulfonamides is 1. The van der Waals surface area contributed by atoms with E-state index in [9.17, 15) is 12.8 Å². The summed E-state index contributed by atoms with van der Waals surface area (Å²) in [6.07, 6.45) is 7.36. The Balaban J connectivity index is 1.44. The number of allylic oxidation sites excluding steroid dienone is 1. The number of halogens is 1. The maximum absolute atomic E-state index is 13.1. The van der Waals surface area contributed by atoms with Crippen molar-refractivity contribution in [1.29, 1.82) is 0 Å². The molecule has 5 rings (SSSR count). The number of aromatic nitrogens is 2. The predicted octanol–water partition coefficient (Wildman–Crippen LogP) is 4.54. The van der Waals surface area contributed by atoms with Crippen molar-refractivity contribution < 1.29 is 17.2 Å². The van der Waals surface area contributed by atoms with Crippen LogP contribution in [0.25, 0.3) is 22.2 Å². The van der Waals surface area contributed by atoms with E-state index in [2.05, 4.69) is 19.7 Å². The summed E-state index contributed by atoms with van der Waals surface area (Å²) in [7, 11) is -3.87. The summed E-state index contributed by atoms with van der Waals surface area (Å²) in [6, 6.07) is 11.8. The van der Waals surface area contributed by atoms with Crippen LogP contribution in [0.5, 0.6) is 0 Å². The number of hydrogen-bond donors (Lipinski definition) is 1. The first kappa shape index (κ1) is 19.1. The maximum atomic E-state index is 13.1. The zero-order valence-electron chi connectivity index (χ0n) is 16.0. The summed E-state index contributed by atoms with van der Waals surface area (Å²) in [5, 5.41) is 0. The first-order valence-corrected chi connectivity index (χ1v) is 10.8. The van der Waals surface area contributed by atoms with Crippen LogP contribution >= 0.6 is 0 Å². The molecule has 3 heterocycles. The fraction of sp³-hybridized carbons (Fsp3) is 0.0455. The highest BCUT2D eigenvalue weighted by Crippen LogP contribution is 2.28. The van der Waals surface area contributed by atoms with Gasteiger partial charge in [0.05, 0.1) is 16.8 Å². The molecule has 31 heavy (non-hydrogen) atoms. The fourth-order valence-corrected chi connectivity index (χ4v) is 4.25. The molecule has 2 aromatic carbocycles. The van der Waals surface area contributed by atoms with E-state index in [0.717, 1.165) is 23.4 Å². The van der Waals surface area contributed by atoms with E-state index >= 15 is 0 Å². The number of pyridine rings is 1. The van der Waals surface area contributed by atoms with Crippen molar-refractivity contribution >= 4 is 32.5 Å². The van der Waals surface area contributed by atoms with Crippen molar-refractivity contribution in [2.75, 3.05) is 4.72 Å². The van der Waals surface area contributed by atoms with Crippen molar-refractivity contribution in [3.8, 4) is 11.1 Å². The van der Waals surface area contributed by atoms with Crippen LogP contribution in [0.4, 0.5) is 10.1 Å². The van der Waals surface area contributed by atoms with Gasteiger partial charge >= 0.3 is 0 Å². The lowest BCUT2D eigenvalue weighted by molar-refractivity contribution is 0.589. The largest absolute Gasteiger partial charge is 0.435 e. The Labute approximate surface area is 177 Å².